The van der Waals surface area contributed by atoms with E-state index in [-0.39, 0.29) is 18.6 Å². The molecule has 0 radical (unpaired) electrons. The predicted molar refractivity (Wildman–Crippen MR) is 128 cm³/mol. The number of ether oxygens (including phenoxy) is 2. The van der Waals surface area contributed by atoms with E-state index in [2.05, 4.69) is 36.1 Å². The molecule has 1 atom stereocenters. The van der Waals surface area contributed by atoms with Crippen LogP contribution in [0.2, 0.25) is 0 Å². The molecule has 4 rings (SSSR count). The van der Waals surface area contributed by atoms with Gasteiger partial charge in [-0.15, -0.1) is 12.4 Å². The van der Waals surface area contributed by atoms with E-state index in [1.54, 1.807) is 31.4 Å². The van der Waals surface area contributed by atoms with E-state index in [4.69, 9.17) is 9.47 Å². The number of aliphatic hydroxyl groups excluding tert-OH is 1. The van der Waals surface area contributed by atoms with E-state index in [9.17, 15) is 9.50 Å². The highest BCUT2D eigenvalue weighted by molar-refractivity contribution is 9.10. The number of hydrogen-bond acceptors (Lipinski definition) is 7. The summed E-state index contributed by atoms with van der Waals surface area (Å²) < 4.78 is 26.4. The van der Waals surface area contributed by atoms with Crippen molar-refractivity contribution in [1.29, 1.82) is 0 Å². The minimum Gasteiger partial charge on any atom is -0.493 e. The maximum atomic E-state index is 14.3. The summed E-state index contributed by atoms with van der Waals surface area (Å²) >= 11 is 3.26. The number of methoxy groups -OCH3 is 1. The second-order valence-electron chi connectivity index (χ2n) is 7.35. The van der Waals surface area contributed by atoms with Crippen LogP contribution in [0.15, 0.2) is 41.1 Å². The number of benzene rings is 2. The zero-order chi connectivity index (χ0) is 21.8. The van der Waals surface area contributed by atoms with E-state index in [1.165, 1.54) is 12.4 Å². The molecule has 32 heavy (non-hydrogen) atoms. The van der Waals surface area contributed by atoms with Crippen molar-refractivity contribution in [3.8, 4) is 11.5 Å². The Bertz CT molecular complexity index is 1070. The fourth-order valence-corrected chi connectivity index (χ4v) is 4.01. The first-order valence-corrected chi connectivity index (χ1v) is 10.9. The Balaban J connectivity index is 0.00000289. The SMILES string of the molecule is COc1cc2c(Nc3ccc(Br)cc3F)ncnc2cc1OCCCN1CCCC1O.Cl. The van der Waals surface area contributed by atoms with Crippen molar-refractivity contribution in [2.75, 3.05) is 32.1 Å². The molecule has 2 heterocycles. The number of halogens is 3. The second kappa shape index (κ2) is 11.1. The molecule has 172 valence electrons. The minimum atomic E-state index is -0.392. The van der Waals surface area contributed by atoms with Crippen molar-refractivity contribution >= 4 is 50.7 Å². The third-order valence-electron chi connectivity index (χ3n) is 5.28. The van der Waals surface area contributed by atoms with Crippen LogP contribution in [0, 0.1) is 5.82 Å². The van der Waals surface area contributed by atoms with E-state index >= 15 is 0 Å². The quantitative estimate of drug-likeness (QED) is 0.404. The van der Waals surface area contributed by atoms with E-state index in [1.807, 2.05) is 0 Å². The molecule has 10 heteroatoms. The van der Waals surface area contributed by atoms with Crippen LogP contribution in [0.25, 0.3) is 10.9 Å². The molecule has 0 amide bonds. The number of nitrogens with one attached hydrogen (secondary N) is 1. The fraction of sp³-hybridized carbons (Fsp3) is 0.364. The average Bonchev–Trinajstić information content (AvgIpc) is 3.17. The molecule has 2 N–H and O–H groups in total. The van der Waals surface area contributed by atoms with Crippen LogP contribution in [0.3, 0.4) is 0 Å². The first-order chi connectivity index (χ1) is 15.0. The number of aliphatic hydroxyl groups is 1. The van der Waals surface area contributed by atoms with Crippen molar-refractivity contribution in [1.82, 2.24) is 14.9 Å². The summed E-state index contributed by atoms with van der Waals surface area (Å²) in [4.78, 5) is 10.7. The van der Waals surface area contributed by atoms with Crippen LogP contribution in [-0.2, 0) is 0 Å². The van der Waals surface area contributed by atoms with Gasteiger partial charge in [0.25, 0.3) is 0 Å². The maximum Gasteiger partial charge on any atom is 0.163 e. The Morgan fingerprint density at radius 3 is 2.81 bits per heavy atom. The molecule has 0 bridgehead atoms. The van der Waals surface area contributed by atoms with Crippen molar-refractivity contribution in [3.63, 3.8) is 0 Å². The van der Waals surface area contributed by atoms with Crippen molar-refractivity contribution < 1.29 is 19.0 Å². The summed E-state index contributed by atoms with van der Waals surface area (Å²) in [5.74, 6) is 1.20. The number of aromatic nitrogens is 2. The first kappa shape index (κ1) is 24.4. The number of fused-ring (bicyclic) bond motifs is 1. The van der Waals surface area contributed by atoms with E-state index in [0.29, 0.717) is 45.0 Å². The van der Waals surface area contributed by atoms with E-state index < -0.39 is 5.82 Å². The van der Waals surface area contributed by atoms with Crippen molar-refractivity contribution in [2.45, 2.75) is 25.5 Å². The van der Waals surface area contributed by atoms with Crippen LogP contribution in [0.1, 0.15) is 19.3 Å². The van der Waals surface area contributed by atoms with Gasteiger partial charge in [-0.2, -0.15) is 0 Å². The highest BCUT2D eigenvalue weighted by Gasteiger charge is 2.21. The Kier molecular flexibility index (Phi) is 8.47. The highest BCUT2D eigenvalue weighted by Crippen LogP contribution is 2.35. The first-order valence-electron chi connectivity index (χ1n) is 10.1. The number of rotatable bonds is 8. The Labute approximate surface area is 200 Å². The van der Waals surface area contributed by atoms with Gasteiger partial charge in [0.1, 0.15) is 24.2 Å². The fourth-order valence-electron chi connectivity index (χ4n) is 3.67. The Morgan fingerprint density at radius 1 is 1.25 bits per heavy atom. The predicted octanol–water partition coefficient (Wildman–Crippen LogP) is 4.89. The summed E-state index contributed by atoms with van der Waals surface area (Å²) in [7, 11) is 1.57. The molecule has 2 aromatic carbocycles. The van der Waals surface area contributed by atoms with Gasteiger partial charge < -0.3 is 19.9 Å². The molecule has 1 saturated heterocycles. The topological polar surface area (TPSA) is 79.7 Å². The van der Waals surface area contributed by atoms with Gasteiger partial charge in [0.15, 0.2) is 11.5 Å². The zero-order valence-electron chi connectivity index (χ0n) is 17.6. The summed E-state index contributed by atoms with van der Waals surface area (Å²) in [5, 5.41) is 13.6. The summed E-state index contributed by atoms with van der Waals surface area (Å²) in [6.45, 7) is 2.20. The minimum absolute atomic E-state index is 0. The van der Waals surface area contributed by atoms with Gasteiger partial charge in [0.05, 0.1) is 24.9 Å². The molecule has 7 nitrogen and oxygen atoms in total. The largest absolute Gasteiger partial charge is 0.493 e. The zero-order valence-corrected chi connectivity index (χ0v) is 20.0. The lowest BCUT2D eigenvalue weighted by Crippen LogP contribution is -2.30. The van der Waals surface area contributed by atoms with Gasteiger partial charge in [-0.3, -0.25) is 4.90 Å². The molecule has 0 aliphatic carbocycles. The van der Waals surface area contributed by atoms with Gasteiger partial charge >= 0.3 is 0 Å². The van der Waals surface area contributed by atoms with Crippen molar-refractivity contribution in [3.05, 3.63) is 46.9 Å². The van der Waals surface area contributed by atoms with E-state index in [0.717, 1.165) is 32.4 Å². The summed E-state index contributed by atoms with van der Waals surface area (Å²) in [5.41, 5.74) is 0.965. The molecule has 1 aliphatic rings. The lowest BCUT2D eigenvalue weighted by atomic mass is 10.2. The molecule has 0 spiro atoms. The van der Waals surface area contributed by atoms with Crippen LogP contribution < -0.4 is 14.8 Å². The highest BCUT2D eigenvalue weighted by atomic mass is 79.9. The molecule has 1 aromatic heterocycles. The third kappa shape index (κ3) is 5.58. The number of likely N-dealkylation sites (tertiary alicyclic amines) is 1. The smallest absolute Gasteiger partial charge is 0.163 e. The van der Waals surface area contributed by atoms with Gasteiger partial charge in [-0.05, 0) is 43.5 Å². The normalized spacial score (nSPS) is 16.1. The molecule has 0 saturated carbocycles. The number of nitrogens with zero attached hydrogens (tertiary/aromatic N) is 3. The molecule has 1 aliphatic heterocycles. The summed E-state index contributed by atoms with van der Waals surface area (Å²) in [6, 6.07) is 8.36. The van der Waals surface area contributed by atoms with Crippen LogP contribution in [0.4, 0.5) is 15.9 Å². The van der Waals surface area contributed by atoms with Gasteiger partial charge in [0.2, 0.25) is 0 Å². The summed E-state index contributed by atoms with van der Waals surface area (Å²) in [6.07, 6.45) is 3.73. The lowest BCUT2D eigenvalue weighted by molar-refractivity contribution is 0.0352. The molecule has 3 aromatic rings. The third-order valence-corrected chi connectivity index (χ3v) is 5.77. The lowest BCUT2D eigenvalue weighted by Gasteiger charge is -2.20. The average molecular weight is 528 g/mol. The van der Waals surface area contributed by atoms with Crippen LogP contribution in [0.5, 0.6) is 11.5 Å². The Morgan fingerprint density at radius 2 is 2.09 bits per heavy atom. The monoisotopic (exact) mass is 526 g/mol. The molecule has 1 unspecified atom stereocenters. The number of hydrogen-bond donors (Lipinski definition) is 2. The van der Waals surface area contributed by atoms with Gasteiger partial charge in [0, 0.05) is 29.0 Å². The Hall–Kier alpha value is -2.20. The van der Waals surface area contributed by atoms with Crippen LogP contribution in [-0.4, -0.2) is 53.0 Å². The van der Waals surface area contributed by atoms with Gasteiger partial charge in [-0.1, -0.05) is 15.9 Å². The van der Waals surface area contributed by atoms with Crippen molar-refractivity contribution in [2.24, 2.45) is 0 Å². The molecule has 1 fully saturated rings. The maximum absolute atomic E-state index is 14.3. The molecular weight excluding hydrogens is 503 g/mol. The second-order valence-corrected chi connectivity index (χ2v) is 8.27. The van der Waals surface area contributed by atoms with Gasteiger partial charge in [-0.25, -0.2) is 14.4 Å². The number of anilines is 2. The standard InChI is InChI=1S/C22H24BrFN4O3.ClH/c1-30-19-11-15-18(12-20(19)31-9-3-8-28-7-2-4-21(28)29)25-13-26-22(15)27-17-6-5-14(23)10-16(17)24;/h5-6,10-13,21,29H,2-4,7-9H2,1H3,(H,25,26,27);1H. The van der Waals surface area contributed by atoms with Crippen LogP contribution >= 0.6 is 28.3 Å². The molecular formula is C22H25BrClFN4O3.